The molecule has 184 valence electrons. The molecule has 0 aromatic heterocycles. The van der Waals surface area contributed by atoms with Crippen LogP contribution in [-0.4, -0.2) is 38.9 Å². The summed E-state index contributed by atoms with van der Waals surface area (Å²) in [6, 6.07) is 6.63. The largest absolute Gasteiger partial charge is 0.460 e. The lowest BCUT2D eigenvalue weighted by Gasteiger charge is -2.28. The number of nitrogens with one attached hydrogen (secondary N) is 1. The molecule has 0 aliphatic heterocycles. The number of carbonyl (C=O) groups is 1. The third kappa shape index (κ3) is 6.07. The van der Waals surface area contributed by atoms with Gasteiger partial charge in [0, 0.05) is 11.0 Å². The van der Waals surface area contributed by atoms with Crippen molar-refractivity contribution in [3.63, 3.8) is 0 Å². The quantitative estimate of drug-likeness (QED) is 0.179. The first-order chi connectivity index (χ1) is 15.6. The summed E-state index contributed by atoms with van der Waals surface area (Å²) in [7, 11) is 0. The van der Waals surface area contributed by atoms with Gasteiger partial charge in [-0.15, -0.1) is 11.8 Å². The summed E-state index contributed by atoms with van der Waals surface area (Å²) in [6.45, 7) is 0. The van der Waals surface area contributed by atoms with Gasteiger partial charge in [0.15, 0.2) is 0 Å². The van der Waals surface area contributed by atoms with Crippen molar-refractivity contribution in [2.45, 2.75) is 27.1 Å². The SMILES string of the molecule is O=C(CSc1ccc([N+](=O)[O-])cc1[N+](=O)[O-])Nc1ccccc1SC(F)(F)C(F)(F)C(F)(F)F. The minimum Gasteiger partial charge on any atom is -0.324 e. The smallest absolute Gasteiger partial charge is 0.324 e. The summed E-state index contributed by atoms with van der Waals surface area (Å²) < 4.78 is 91.0. The van der Waals surface area contributed by atoms with Crippen LogP contribution in [0.15, 0.2) is 52.3 Å². The Bertz CT molecular complexity index is 1120. The van der Waals surface area contributed by atoms with E-state index in [9.17, 15) is 55.8 Å². The van der Waals surface area contributed by atoms with E-state index < -0.39 is 72.6 Å². The molecule has 34 heavy (non-hydrogen) atoms. The lowest BCUT2D eigenvalue weighted by Crippen LogP contribution is -2.49. The van der Waals surface area contributed by atoms with Gasteiger partial charge in [-0.2, -0.15) is 30.7 Å². The van der Waals surface area contributed by atoms with E-state index >= 15 is 0 Å². The summed E-state index contributed by atoms with van der Waals surface area (Å²) in [5.74, 6) is -7.93. The summed E-state index contributed by atoms with van der Waals surface area (Å²) in [5.41, 5.74) is -1.77. The van der Waals surface area contributed by atoms with Crippen LogP contribution in [0, 0.1) is 20.2 Å². The van der Waals surface area contributed by atoms with Crippen molar-refractivity contribution < 1.29 is 45.4 Å². The highest BCUT2D eigenvalue weighted by Gasteiger charge is 2.73. The van der Waals surface area contributed by atoms with E-state index in [1.165, 1.54) is 6.07 Å². The molecule has 1 N–H and O–H groups in total. The average molecular weight is 533 g/mol. The van der Waals surface area contributed by atoms with Gasteiger partial charge in [-0.1, -0.05) is 12.1 Å². The van der Waals surface area contributed by atoms with Crippen LogP contribution in [0.4, 0.5) is 47.8 Å². The molecule has 0 radical (unpaired) electrons. The highest BCUT2D eigenvalue weighted by molar-refractivity contribution is 8.00. The summed E-state index contributed by atoms with van der Waals surface area (Å²) >= 11 is -0.555. The standard InChI is InChI=1S/C17H10F7N3O5S2/c18-15(19,16(20,21)22)17(23,24)34-12-4-2-1-3-10(12)25-14(28)8-33-13-6-5-9(26(29)30)7-11(13)27(31)32/h1-7H,8H2,(H,25,28). The molecule has 0 unspecified atom stereocenters. The number of hydrogen-bond donors (Lipinski definition) is 1. The van der Waals surface area contributed by atoms with Gasteiger partial charge in [0.2, 0.25) is 5.91 Å². The molecular formula is C17H10F7N3O5S2. The predicted molar refractivity (Wildman–Crippen MR) is 107 cm³/mol. The molecule has 0 fully saturated rings. The first-order valence-electron chi connectivity index (χ1n) is 8.52. The number of halogens is 7. The number of nitro groups is 2. The Balaban J connectivity index is 2.17. The number of nitro benzene ring substituents is 2. The molecular weight excluding hydrogens is 523 g/mol. The van der Waals surface area contributed by atoms with Gasteiger partial charge < -0.3 is 5.32 Å². The minimum atomic E-state index is -6.53. The molecule has 0 saturated heterocycles. The van der Waals surface area contributed by atoms with Gasteiger partial charge in [-0.05, 0) is 30.0 Å². The van der Waals surface area contributed by atoms with E-state index in [0.717, 1.165) is 30.3 Å². The van der Waals surface area contributed by atoms with Crippen LogP contribution >= 0.6 is 23.5 Å². The lowest BCUT2D eigenvalue weighted by molar-refractivity contribution is -0.396. The van der Waals surface area contributed by atoms with Gasteiger partial charge in [0.25, 0.3) is 11.4 Å². The minimum absolute atomic E-state index is 0.148. The topological polar surface area (TPSA) is 115 Å². The van der Waals surface area contributed by atoms with Crippen LogP contribution in [-0.2, 0) is 4.79 Å². The maximum absolute atomic E-state index is 13.7. The second-order valence-corrected chi connectivity index (χ2v) is 8.36. The van der Waals surface area contributed by atoms with Gasteiger partial charge in [-0.3, -0.25) is 25.0 Å². The second kappa shape index (κ2) is 10.0. The highest BCUT2D eigenvalue weighted by Crippen LogP contribution is 2.54. The van der Waals surface area contributed by atoms with Crippen molar-refractivity contribution in [3.8, 4) is 0 Å². The molecule has 0 spiro atoms. The van der Waals surface area contributed by atoms with E-state index in [4.69, 9.17) is 0 Å². The Kier molecular flexibility index (Phi) is 8.02. The van der Waals surface area contributed by atoms with Crippen LogP contribution in [0.5, 0.6) is 0 Å². The molecule has 2 aromatic rings. The lowest BCUT2D eigenvalue weighted by atomic mass is 10.3. The third-order valence-electron chi connectivity index (χ3n) is 3.83. The van der Waals surface area contributed by atoms with Crippen LogP contribution in [0.25, 0.3) is 0 Å². The van der Waals surface area contributed by atoms with Crippen molar-refractivity contribution in [1.29, 1.82) is 0 Å². The van der Waals surface area contributed by atoms with Crippen LogP contribution in [0.2, 0.25) is 0 Å². The van der Waals surface area contributed by atoms with E-state index in [1.807, 2.05) is 0 Å². The number of carbonyl (C=O) groups excluding carboxylic acids is 1. The van der Waals surface area contributed by atoms with Crippen LogP contribution in [0.1, 0.15) is 0 Å². The maximum atomic E-state index is 13.7. The number of amides is 1. The van der Waals surface area contributed by atoms with E-state index in [-0.39, 0.29) is 4.90 Å². The molecule has 8 nitrogen and oxygen atoms in total. The molecule has 17 heteroatoms. The molecule has 2 rings (SSSR count). The number of alkyl halides is 7. The fraction of sp³-hybridized carbons (Fsp3) is 0.235. The number of benzene rings is 2. The summed E-state index contributed by atoms with van der Waals surface area (Å²) in [6.07, 6.45) is -6.53. The summed E-state index contributed by atoms with van der Waals surface area (Å²) in [5, 5.41) is 18.3. The van der Waals surface area contributed by atoms with Crippen molar-refractivity contribution in [3.05, 3.63) is 62.7 Å². The van der Waals surface area contributed by atoms with Crippen molar-refractivity contribution in [2.24, 2.45) is 0 Å². The Labute approximate surface area is 193 Å². The Hall–Kier alpha value is -3.08. The number of nitrogens with zero attached hydrogens (tertiary/aromatic N) is 2. The monoisotopic (exact) mass is 533 g/mol. The number of anilines is 1. The van der Waals surface area contributed by atoms with Crippen LogP contribution < -0.4 is 5.32 Å². The third-order valence-corrected chi connectivity index (χ3v) is 5.98. The molecule has 0 atom stereocenters. The molecule has 0 aliphatic carbocycles. The van der Waals surface area contributed by atoms with Crippen molar-refractivity contribution >= 4 is 46.5 Å². The zero-order valence-corrected chi connectivity index (χ0v) is 17.8. The second-order valence-electron chi connectivity index (χ2n) is 6.19. The average Bonchev–Trinajstić information content (AvgIpc) is 2.72. The molecule has 0 heterocycles. The van der Waals surface area contributed by atoms with Gasteiger partial charge >= 0.3 is 17.4 Å². The van der Waals surface area contributed by atoms with E-state index in [0.29, 0.717) is 17.8 Å². The number of thioether (sulfide) groups is 2. The van der Waals surface area contributed by atoms with Crippen molar-refractivity contribution in [2.75, 3.05) is 11.1 Å². The number of hydrogen-bond acceptors (Lipinski definition) is 7. The zero-order valence-electron chi connectivity index (χ0n) is 16.1. The maximum Gasteiger partial charge on any atom is 0.460 e. The number of non-ortho nitro benzene ring substituents is 1. The first kappa shape index (κ1) is 27.2. The van der Waals surface area contributed by atoms with Crippen molar-refractivity contribution in [1.82, 2.24) is 0 Å². The number of para-hydroxylation sites is 1. The molecule has 0 bridgehead atoms. The van der Waals surface area contributed by atoms with E-state index in [1.54, 1.807) is 0 Å². The van der Waals surface area contributed by atoms with Gasteiger partial charge in [0.1, 0.15) is 0 Å². The summed E-state index contributed by atoms with van der Waals surface area (Å²) in [4.78, 5) is 31.3. The zero-order chi connectivity index (χ0) is 25.9. The van der Waals surface area contributed by atoms with Gasteiger partial charge in [-0.25, -0.2) is 0 Å². The Morgan fingerprint density at radius 1 is 0.912 bits per heavy atom. The number of rotatable bonds is 9. The molecule has 1 amide bonds. The normalized spacial score (nSPS) is 12.3. The fourth-order valence-electron chi connectivity index (χ4n) is 2.24. The highest BCUT2D eigenvalue weighted by atomic mass is 32.2. The molecule has 0 aliphatic rings. The first-order valence-corrected chi connectivity index (χ1v) is 10.3. The van der Waals surface area contributed by atoms with Gasteiger partial charge in [0.05, 0.1) is 32.2 Å². The fourth-order valence-corrected chi connectivity index (χ4v) is 3.94. The molecule has 0 saturated carbocycles. The van der Waals surface area contributed by atoms with E-state index in [2.05, 4.69) is 5.32 Å². The molecule has 2 aromatic carbocycles. The Morgan fingerprint density at radius 2 is 1.53 bits per heavy atom. The predicted octanol–water partition coefficient (Wildman–Crippen LogP) is 6.12. The van der Waals surface area contributed by atoms with Crippen LogP contribution in [0.3, 0.4) is 0 Å². The Morgan fingerprint density at radius 3 is 2.09 bits per heavy atom.